The number of aromatic carboxylic acids is 1. The van der Waals surface area contributed by atoms with Crippen LogP contribution in [-0.2, 0) is 16.0 Å². The molecule has 1 aliphatic rings. The largest absolute Gasteiger partial charge is 0.478 e. The lowest BCUT2D eigenvalue weighted by atomic mass is 10.0. The van der Waals surface area contributed by atoms with Crippen molar-refractivity contribution in [3.05, 3.63) is 70.0 Å². The van der Waals surface area contributed by atoms with Gasteiger partial charge in [-0.3, -0.25) is 4.79 Å². The number of carbonyl (C=O) groups excluding carboxylic acids is 1. The molecule has 0 bridgehead atoms. The molecule has 1 fully saturated rings. The van der Waals surface area contributed by atoms with Crippen molar-refractivity contribution in [1.82, 2.24) is 5.32 Å². The summed E-state index contributed by atoms with van der Waals surface area (Å²) in [6.45, 7) is 0.465. The Hall–Kier alpha value is -2.44. The van der Waals surface area contributed by atoms with E-state index in [1.165, 1.54) is 24.3 Å². The van der Waals surface area contributed by atoms with Crippen LogP contribution in [0.2, 0.25) is 5.02 Å². The Balaban J connectivity index is 1.64. The predicted octanol–water partition coefficient (Wildman–Crippen LogP) is 3.37. The molecule has 1 heterocycles. The molecule has 0 saturated carbocycles. The summed E-state index contributed by atoms with van der Waals surface area (Å²) in [4.78, 5) is 23.2. The highest BCUT2D eigenvalue weighted by atomic mass is 35.5. The lowest BCUT2D eigenvalue weighted by Crippen LogP contribution is -2.37. The van der Waals surface area contributed by atoms with Gasteiger partial charge in [0.05, 0.1) is 23.0 Å². The zero-order valence-electron chi connectivity index (χ0n) is 13.7. The van der Waals surface area contributed by atoms with Crippen molar-refractivity contribution in [2.75, 3.05) is 6.61 Å². The van der Waals surface area contributed by atoms with Crippen molar-refractivity contribution in [2.24, 2.45) is 0 Å². The second kappa shape index (κ2) is 7.85. The summed E-state index contributed by atoms with van der Waals surface area (Å²) in [5, 5.41) is 11.8. The quantitative estimate of drug-likeness (QED) is 0.837. The minimum absolute atomic E-state index is 0.0390. The van der Waals surface area contributed by atoms with Gasteiger partial charge in [-0.05, 0) is 41.8 Å². The van der Waals surface area contributed by atoms with Gasteiger partial charge in [-0.2, -0.15) is 0 Å². The van der Waals surface area contributed by atoms with Crippen LogP contribution in [0.3, 0.4) is 0 Å². The topological polar surface area (TPSA) is 75.6 Å². The Morgan fingerprint density at radius 3 is 2.62 bits per heavy atom. The maximum atomic E-state index is 13.7. The number of carboxylic acid groups (broad SMARTS) is 1. The first kappa shape index (κ1) is 18.4. The summed E-state index contributed by atoms with van der Waals surface area (Å²) >= 11 is 5.71. The molecule has 2 atom stereocenters. The van der Waals surface area contributed by atoms with Crippen molar-refractivity contribution in [3.8, 4) is 0 Å². The molecule has 2 aromatic rings. The normalized spacial score (nSPS) is 19.3. The third kappa shape index (κ3) is 4.20. The van der Waals surface area contributed by atoms with Gasteiger partial charge in [0.15, 0.2) is 0 Å². The number of halogens is 2. The number of nitrogens with one attached hydrogen (secondary N) is 1. The van der Waals surface area contributed by atoms with E-state index in [4.69, 9.17) is 21.4 Å². The fourth-order valence-corrected chi connectivity index (χ4v) is 3.08. The number of hydrogen-bond donors (Lipinski definition) is 2. The Kier molecular flexibility index (Phi) is 5.54. The van der Waals surface area contributed by atoms with Gasteiger partial charge in [-0.25, -0.2) is 9.18 Å². The first-order chi connectivity index (χ1) is 12.4. The average Bonchev–Trinajstić information content (AvgIpc) is 3.05. The molecule has 7 heteroatoms. The molecule has 0 aliphatic carbocycles. The van der Waals surface area contributed by atoms with Crippen LogP contribution < -0.4 is 5.32 Å². The highest BCUT2D eigenvalue weighted by Gasteiger charge is 2.31. The van der Waals surface area contributed by atoms with Crippen LogP contribution in [0.5, 0.6) is 0 Å². The fraction of sp³-hybridized carbons (Fsp3) is 0.263. The van der Waals surface area contributed by atoms with Gasteiger partial charge in [0, 0.05) is 6.61 Å². The minimum atomic E-state index is -1.01. The standard InChI is InChI=1S/C19H17ClFNO4/c20-14-6-5-13(10-15(14)21)18-16(7-8-26-18)22-17(23)9-11-1-3-12(4-2-11)19(24)25/h1-6,10,16,18H,7-9H2,(H,22,23)(H,24,25). The molecular formula is C19H17ClFNO4. The van der Waals surface area contributed by atoms with Gasteiger partial charge in [-0.15, -0.1) is 0 Å². The van der Waals surface area contributed by atoms with Crippen molar-refractivity contribution in [2.45, 2.75) is 25.0 Å². The number of rotatable bonds is 5. The van der Waals surface area contributed by atoms with E-state index in [2.05, 4.69) is 5.32 Å². The van der Waals surface area contributed by atoms with Gasteiger partial charge in [0.25, 0.3) is 0 Å². The smallest absolute Gasteiger partial charge is 0.335 e. The van der Waals surface area contributed by atoms with E-state index < -0.39 is 17.9 Å². The van der Waals surface area contributed by atoms with Gasteiger partial charge in [-0.1, -0.05) is 29.8 Å². The highest BCUT2D eigenvalue weighted by Crippen LogP contribution is 2.31. The summed E-state index contributed by atoms with van der Waals surface area (Å²) in [7, 11) is 0. The minimum Gasteiger partial charge on any atom is -0.478 e. The second-order valence-corrected chi connectivity index (χ2v) is 6.51. The number of carboxylic acids is 1. The molecule has 5 nitrogen and oxygen atoms in total. The molecule has 2 N–H and O–H groups in total. The Morgan fingerprint density at radius 2 is 1.96 bits per heavy atom. The average molecular weight is 378 g/mol. The highest BCUT2D eigenvalue weighted by molar-refractivity contribution is 6.30. The molecule has 3 rings (SSSR count). The maximum absolute atomic E-state index is 13.7. The van der Waals surface area contributed by atoms with E-state index in [9.17, 15) is 14.0 Å². The van der Waals surface area contributed by atoms with E-state index in [0.717, 1.165) is 0 Å². The lowest BCUT2D eigenvalue weighted by molar-refractivity contribution is -0.121. The summed E-state index contributed by atoms with van der Waals surface area (Å²) in [6, 6.07) is 10.4. The molecule has 136 valence electrons. The van der Waals surface area contributed by atoms with Crippen LogP contribution in [0.1, 0.15) is 34.0 Å². The third-order valence-corrected chi connectivity index (χ3v) is 4.58. The molecule has 0 aromatic heterocycles. The van der Waals surface area contributed by atoms with E-state index in [0.29, 0.717) is 24.2 Å². The zero-order chi connectivity index (χ0) is 18.7. The molecule has 0 radical (unpaired) electrons. The van der Waals surface area contributed by atoms with Gasteiger partial charge < -0.3 is 15.2 Å². The van der Waals surface area contributed by atoms with Crippen LogP contribution in [0.15, 0.2) is 42.5 Å². The molecule has 1 saturated heterocycles. The van der Waals surface area contributed by atoms with E-state index in [1.54, 1.807) is 18.2 Å². The third-order valence-electron chi connectivity index (χ3n) is 4.28. The summed E-state index contributed by atoms with van der Waals surface area (Å²) in [6.07, 6.45) is 0.316. The first-order valence-electron chi connectivity index (χ1n) is 8.12. The Morgan fingerprint density at radius 1 is 1.23 bits per heavy atom. The molecular weight excluding hydrogens is 361 g/mol. The predicted molar refractivity (Wildman–Crippen MR) is 93.8 cm³/mol. The van der Waals surface area contributed by atoms with Crippen LogP contribution in [0, 0.1) is 5.82 Å². The number of ether oxygens (including phenoxy) is 1. The fourth-order valence-electron chi connectivity index (χ4n) is 2.96. The second-order valence-electron chi connectivity index (χ2n) is 6.11. The molecule has 1 amide bonds. The van der Waals surface area contributed by atoms with Crippen LogP contribution in [0.25, 0.3) is 0 Å². The van der Waals surface area contributed by atoms with E-state index in [-0.39, 0.29) is 29.0 Å². The van der Waals surface area contributed by atoms with Gasteiger partial charge >= 0.3 is 5.97 Å². The van der Waals surface area contributed by atoms with Crippen molar-refractivity contribution in [3.63, 3.8) is 0 Å². The number of carbonyl (C=O) groups is 2. The van der Waals surface area contributed by atoms with Crippen LogP contribution in [-0.4, -0.2) is 29.6 Å². The molecule has 0 spiro atoms. The molecule has 1 aliphatic heterocycles. The Labute approximate surface area is 154 Å². The SMILES string of the molecule is O=C(Cc1ccc(C(=O)O)cc1)NC1CCOC1c1ccc(Cl)c(F)c1. The number of benzene rings is 2. The van der Waals surface area contributed by atoms with E-state index in [1.807, 2.05) is 0 Å². The van der Waals surface area contributed by atoms with Gasteiger partial charge in [0.1, 0.15) is 11.9 Å². The maximum Gasteiger partial charge on any atom is 0.335 e. The summed E-state index contributed by atoms with van der Waals surface area (Å²) in [5.41, 5.74) is 1.50. The van der Waals surface area contributed by atoms with Gasteiger partial charge in [0.2, 0.25) is 5.91 Å². The van der Waals surface area contributed by atoms with Crippen molar-refractivity contribution >= 4 is 23.5 Å². The summed E-state index contributed by atoms with van der Waals surface area (Å²) in [5.74, 6) is -1.74. The molecule has 2 aromatic carbocycles. The van der Waals surface area contributed by atoms with Crippen LogP contribution in [0.4, 0.5) is 4.39 Å². The van der Waals surface area contributed by atoms with E-state index >= 15 is 0 Å². The van der Waals surface area contributed by atoms with Crippen molar-refractivity contribution in [1.29, 1.82) is 0 Å². The summed E-state index contributed by atoms with van der Waals surface area (Å²) < 4.78 is 19.3. The van der Waals surface area contributed by atoms with Crippen molar-refractivity contribution < 1.29 is 23.8 Å². The van der Waals surface area contributed by atoms with Crippen LogP contribution >= 0.6 is 11.6 Å². The first-order valence-corrected chi connectivity index (χ1v) is 8.50. The Bertz CT molecular complexity index is 825. The number of amides is 1. The molecule has 2 unspecified atom stereocenters. The lowest BCUT2D eigenvalue weighted by Gasteiger charge is -2.20. The zero-order valence-corrected chi connectivity index (χ0v) is 14.5. The monoisotopic (exact) mass is 377 g/mol. The molecule has 26 heavy (non-hydrogen) atoms. The number of hydrogen-bond acceptors (Lipinski definition) is 3.